The molecule has 2 saturated heterocycles. The lowest BCUT2D eigenvalue weighted by Crippen LogP contribution is -2.52. The Labute approximate surface area is 110 Å². The van der Waals surface area contributed by atoms with E-state index in [0.717, 1.165) is 19.4 Å². The van der Waals surface area contributed by atoms with Gasteiger partial charge in [-0.1, -0.05) is 0 Å². The first-order valence-corrected chi connectivity index (χ1v) is 6.48. The lowest BCUT2D eigenvalue weighted by molar-refractivity contribution is -0.159. The summed E-state index contributed by atoms with van der Waals surface area (Å²) in [6.45, 7) is 1.10. The van der Waals surface area contributed by atoms with E-state index < -0.39 is 23.8 Å². The highest BCUT2D eigenvalue weighted by Crippen LogP contribution is 2.25. The van der Waals surface area contributed by atoms with Crippen molar-refractivity contribution in [2.45, 2.75) is 25.3 Å². The molecule has 3 atom stereocenters. The maximum atomic E-state index is 12.2. The minimum atomic E-state index is -1.15. The molecule has 2 aliphatic heterocycles. The van der Waals surface area contributed by atoms with Crippen LogP contribution < -0.4 is 5.32 Å². The molecule has 7 nitrogen and oxygen atoms in total. The molecule has 0 aromatic rings. The molecule has 3 N–H and O–H groups in total. The highest BCUT2D eigenvalue weighted by atomic mass is 16.4. The predicted octanol–water partition coefficient (Wildman–Crippen LogP) is -0.628. The molecule has 0 aromatic carbocycles. The topological polar surface area (TPSA) is 107 Å². The third-order valence-corrected chi connectivity index (χ3v) is 3.92. The van der Waals surface area contributed by atoms with Gasteiger partial charge in [0.2, 0.25) is 5.91 Å². The van der Waals surface area contributed by atoms with E-state index in [1.54, 1.807) is 0 Å². The second-order valence-electron chi connectivity index (χ2n) is 5.11. The van der Waals surface area contributed by atoms with Gasteiger partial charge in [0.15, 0.2) is 0 Å². The van der Waals surface area contributed by atoms with Crippen LogP contribution in [0, 0.1) is 11.8 Å². The van der Waals surface area contributed by atoms with E-state index in [4.69, 9.17) is 10.2 Å². The molecule has 2 heterocycles. The Morgan fingerprint density at radius 1 is 1.05 bits per heavy atom. The molecular weight excluding hydrogens is 252 g/mol. The van der Waals surface area contributed by atoms with Crippen LogP contribution >= 0.6 is 0 Å². The predicted molar refractivity (Wildman–Crippen MR) is 64.5 cm³/mol. The van der Waals surface area contributed by atoms with Gasteiger partial charge in [0.25, 0.3) is 0 Å². The first-order valence-electron chi connectivity index (χ1n) is 6.48. The Morgan fingerprint density at radius 2 is 1.74 bits per heavy atom. The summed E-state index contributed by atoms with van der Waals surface area (Å²) in [5.74, 6) is -4.27. The van der Waals surface area contributed by atoms with Gasteiger partial charge < -0.3 is 20.4 Å². The van der Waals surface area contributed by atoms with Crippen LogP contribution in [0.25, 0.3) is 0 Å². The van der Waals surface area contributed by atoms with Gasteiger partial charge in [-0.25, -0.2) is 0 Å². The largest absolute Gasteiger partial charge is 0.481 e. The fourth-order valence-corrected chi connectivity index (χ4v) is 2.81. The first kappa shape index (κ1) is 13.8. The number of hydrogen-bond acceptors (Lipinski definition) is 4. The van der Waals surface area contributed by atoms with Crippen LogP contribution in [-0.2, 0) is 14.4 Å². The van der Waals surface area contributed by atoms with Gasteiger partial charge in [0.1, 0.15) is 0 Å². The van der Waals surface area contributed by atoms with Crippen molar-refractivity contribution in [3.63, 3.8) is 0 Å². The number of rotatable bonds is 3. The van der Waals surface area contributed by atoms with E-state index in [0.29, 0.717) is 6.54 Å². The molecule has 19 heavy (non-hydrogen) atoms. The zero-order valence-electron chi connectivity index (χ0n) is 10.5. The number of nitrogens with zero attached hydrogens (tertiary/aromatic N) is 1. The fourth-order valence-electron chi connectivity index (χ4n) is 2.81. The summed E-state index contributed by atoms with van der Waals surface area (Å²) >= 11 is 0. The van der Waals surface area contributed by atoms with Crippen molar-refractivity contribution in [3.8, 4) is 0 Å². The van der Waals surface area contributed by atoms with Crippen molar-refractivity contribution in [3.05, 3.63) is 0 Å². The number of hydrogen-bond donors (Lipinski definition) is 3. The quantitative estimate of drug-likeness (QED) is 0.630. The molecule has 106 valence electrons. The van der Waals surface area contributed by atoms with Gasteiger partial charge in [0.05, 0.1) is 17.9 Å². The monoisotopic (exact) mass is 270 g/mol. The smallest absolute Gasteiger partial charge is 0.309 e. The molecule has 1 amide bonds. The number of piperidine rings is 1. The van der Waals surface area contributed by atoms with Gasteiger partial charge >= 0.3 is 11.9 Å². The number of carboxylic acids is 2. The van der Waals surface area contributed by atoms with E-state index in [2.05, 4.69) is 5.32 Å². The highest BCUT2D eigenvalue weighted by molar-refractivity contribution is 5.85. The van der Waals surface area contributed by atoms with Crippen LogP contribution in [-0.4, -0.2) is 58.6 Å². The summed E-state index contributed by atoms with van der Waals surface area (Å²) in [6.07, 6.45) is 1.89. The van der Waals surface area contributed by atoms with Crippen LogP contribution in [0.2, 0.25) is 0 Å². The Kier molecular flexibility index (Phi) is 4.04. The van der Waals surface area contributed by atoms with E-state index in [1.807, 2.05) is 0 Å². The molecule has 7 heteroatoms. The molecular formula is C12H18N2O5. The fraction of sp³-hybridized carbons (Fsp3) is 0.750. The average Bonchev–Trinajstić information content (AvgIpc) is 2.90. The average molecular weight is 270 g/mol. The molecule has 2 aliphatic rings. The Bertz CT molecular complexity index is 392. The third kappa shape index (κ3) is 2.86. The number of carboxylic acid groups (broad SMARTS) is 2. The molecule has 0 bridgehead atoms. The molecule has 2 rings (SSSR count). The van der Waals surface area contributed by atoms with Crippen LogP contribution in [0.5, 0.6) is 0 Å². The molecule has 2 unspecified atom stereocenters. The first-order chi connectivity index (χ1) is 9.00. The van der Waals surface area contributed by atoms with Crippen molar-refractivity contribution in [1.29, 1.82) is 0 Å². The van der Waals surface area contributed by atoms with Crippen LogP contribution in [0.1, 0.15) is 19.3 Å². The summed E-state index contributed by atoms with van der Waals surface area (Å²) in [7, 11) is 0. The Morgan fingerprint density at radius 3 is 2.26 bits per heavy atom. The van der Waals surface area contributed by atoms with Gasteiger partial charge in [-0.3, -0.25) is 14.4 Å². The summed E-state index contributed by atoms with van der Waals surface area (Å²) in [4.78, 5) is 35.8. The minimum Gasteiger partial charge on any atom is -0.481 e. The number of aliphatic carboxylic acids is 2. The number of likely N-dealkylation sites (tertiary alicyclic amines) is 1. The van der Waals surface area contributed by atoms with Gasteiger partial charge in [-0.05, 0) is 25.8 Å². The molecule has 0 saturated carbocycles. The van der Waals surface area contributed by atoms with Crippen LogP contribution in [0.3, 0.4) is 0 Å². The van der Waals surface area contributed by atoms with E-state index in [9.17, 15) is 14.4 Å². The maximum Gasteiger partial charge on any atom is 0.309 e. The Balaban J connectivity index is 2.03. The summed E-state index contributed by atoms with van der Waals surface area (Å²) < 4.78 is 0. The second-order valence-corrected chi connectivity index (χ2v) is 5.11. The van der Waals surface area contributed by atoms with E-state index in [1.165, 1.54) is 4.90 Å². The lowest BCUT2D eigenvalue weighted by atomic mass is 9.85. The molecule has 2 fully saturated rings. The number of carbonyl (C=O) groups is 3. The number of nitrogens with one attached hydrogen (secondary N) is 1. The highest BCUT2D eigenvalue weighted by Gasteiger charge is 2.41. The number of carbonyl (C=O) groups excluding carboxylic acids is 1. The zero-order valence-corrected chi connectivity index (χ0v) is 10.5. The van der Waals surface area contributed by atoms with Crippen LogP contribution in [0.4, 0.5) is 0 Å². The van der Waals surface area contributed by atoms with E-state index in [-0.39, 0.29) is 24.9 Å². The second kappa shape index (κ2) is 5.56. The Hall–Kier alpha value is -1.63. The number of amides is 1. The maximum absolute atomic E-state index is 12.2. The third-order valence-electron chi connectivity index (χ3n) is 3.92. The summed E-state index contributed by atoms with van der Waals surface area (Å²) in [6, 6.07) is -0.240. The lowest BCUT2D eigenvalue weighted by Gasteiger charge is -2.35. The van der Waals surface area contributed by atoms with Crippen molar-refractivity contribution in [1.82, 2.24) is 10.2 Å². The van der Waals surface area contributed by atoms with Crippen molar-refractivity contribution in [2.24, 2.45) is 11.8 Å². The van der Waals surface area contributed by atoms with Crippen LogP contribution in [0.15, 0.2) is 0 Å². The summed E-state index contributed by atoms with van der Waals surface area (Å²) in [5, 5.41) is 21.2. The van der Waals surface area contributed by atoms with Gasteiger partial charge in [-0.15, -0.1) is 0 Å². The molecule has 0 radical (unpaired) electrons. The van der Waals surface area contributed by atoms with Crippen molar-refractivity contribution >= 4 is 17.8 Å². The van der Waals surface area contributed by atoms with E-state index >= 15 is 0 Å². The van der Waals surface area contributed by atoms with Gasteiger partial charge in [-0.2, -0.15) is 0 Å². The standard InChI is InChI=1S/C12H18N2O5/c15-10(9-2-1-4-13-9)14-5-3-7(11(16)17)8(6-14)12(18)19/h7-9,13H,1-6H2,(H,16,17)(H,18,19)/t7?,8?,9-/m1/s1. The SMILES string of the molecule is O=C(O)C1CCN(C(=O)[C@H]2CCCN2)CC1C(=O)O. The zero-order chi connectivity index (χ0) is 14.0. The normalized spacial score (nSPS) is 31.2. The molecule has 0 aromatic heterocycles. The molecule has 0 spiro atoms. The minimum absolute atomic E-state index is 0.0106. The van der Waals surface area contributed by atoms with Crippen molar-refractivity contribution < 1.29 is 24.6 Å². The summed E-state index contributed by atoms with van der Waals surface area (Å²) in [5.41, 5.74) is 0. The van der Waals surface area contributed by atoms with Crippen molar-refractivity contribution in [2.75, 3.05) is 19.6 Å². The molecule has 0 aliphatic carbocycles. The van der Waals surface area contributed by atoms with Gasteiger partial charge in [0, 0.05) is 13.1 Å².